The van der Waals surface area contributed by atoms with Crippen molar-refractivity contribution in [2.75, 3.05) is 10.6 Å². The van der Waals surface area contributed by atoms with Crippen LogP contribution in [0.1, 0.15) is 75.3 Å². The number of anilines is 2. The molecule has 2 aliphatic carbocycles. The quantitative estimate of drug-likeness (QED) is 0.158. The Kier molecular flexibility index (Phi) is 8.21. The number of hydrogen-bond donors (Lipinski definition) is 2. The Morgan fingerprint density at radius 3 is 1.33 bits per heavy atom. The zero-order valence-electron chi connectivity index (χ0n) is 24.8. The minimum atomic E-state index is 0.319. The Bertz CT molecular complexity index is 1600. The number of benzene rings is 4. The zero-order chi connectivity index (χ0) is 28.8. The summed E-state index contributed by atoms with van der Waals surface area (Å²) in [4.78, 5) is 10.6. The fourth-order valence-electron chi connectivity index (χ4n) is 6.63. The van der Waals surface area contributed by atoms with Gasteiger partial charge in [-0.1, -0.05) is 99.2 Å². The molecule has 2 saturated carbocycles. The first-order chi connectivity index (χ1) is 21.3. The van der Waals surface area contributed by atoms with Crippen LogP contribution in [0.15, 0.2) is 111 Å². The summed E-state index contributed by atoms with van der Waals surface area (Å²) in [5.74, 6) is 1.76. The van der Waals surface area contributed by atoms with E-state index in [0.29, 0.717) is 12.1 Å². The molecule has 0 amide bonds. The first kappa shape index (κ1) is 27.5. The second-order valence-electron chi connectivity index (χ2n) is 12.0. The molecule has 5 nitrogen and oxygen atoms in total. The fourth-order valence-corrected chi connectivity index (χ4v) is 6.63. The average Bonchev–Trinajstić information content (AvgIpc) is 3.45. The smallest absolute Gasteiger partial charge is 0.146 e. The van der Waals surface area contributed by atoms with E-state index in [-0.39, 0.29) is 0 Å². The van der Waals surface area contributed by atoms with Gasteiger partial charge in [0.05, 0.1) is 23.2 Å². The number of fused-ring (bicyclic) bond motifs is 3. The van der Waals surface area contributed by atoms with E-state index >= 15 is 0 Å². The van der Waals surface area contributed by atoms with Crippen molar-refractivity contribution in [3.8, 4) is 0 Å². The average molecular weight is 569 g/mol. The normalized spacial score (nSPS) is 17.4. The number of amidine groups is 2. The summed E-state index contributed by atoms with van der Waals surface area (Å²) in [6.45, 7) is 0. The second-order valence-corrected chi connectivity index (χ2v) is 12.0. The van der Waals surface area contributed by atoms with Crippen LogP contribution in [0.25, 0.3) is 21.9 Å². The molecular weight excluding hydrogens is 528 g/mol. The molecular formula is C38H40N4O. The van der Waals surface area contributed by atoms with Gasteiger partial charge in [0, 0.05) is 22.1 Å². The lowest BCUT2D eigenvalue weighted by molar-refractivity contribution is 0.443. The first-order valence-corrected chi connectivity index (χ1v) is 16.1. The first-order valence-electron chi connectivity index (χ1n) is 16.1. The molecule has 2 N–H and O–H groups in total. The lowest BCUT2D eigenvalue weighted by Crippen LogP contribution is -2.20. The number of nitrogens with one attached hydrogen (secondary N) is 2. The van der Waals surface area contributed by atoms with Gasteiger partial charge in [-0.2, -0.15) is 0 Å². The summed E-state index contributed by atoms with van der Waals surface area (Å²) < 4.78 is 6.89. The molecule has 43 heavy (non-hydrogen) atoms. The van der Waals surface area contributed by atoms with E-state index in [1.807, 2.05) is 12.1 Å². The fraction of sp³-hybridized carbons (Fsp3) is 0.316. The predicted octanol–water partition coefficient (Wildman–Crippen LogP) is 9.97. The highest BCUT2D eigenvalue weighted by Crippen LogP contribution is 2.35. The van der Waals surface area contributed by atoms with Crippen LogP contribution in [0, 0.1) is 0 Å². The van der Waals surface area contributed by atoms with Gasteiger partial charge in [0.15, 0.2) is 0 Å². The van der Waals surface area contributed by atoms with Gasteiger partial charge in [-0.15, -0.1) is 0 Å². The van der Waals surface area contributed by atoms with Crippen LogP contribution in [-0.2, 0) is 0 Å². The van der Waals surface area contributed by atoms with E-state index in [1.54, 1.807) is 0 Å². The highest BCUT2D eigenvalue weighted by molar-refractivity contribution is 6.22. The Hall–Kier alpha value is -4.38. The molecule has 5 heteroatoms. The number of hydrogen-bond acceptors (Lipinski definition) is 3. The SMILES string of the molecule is c1ccc(NC(=NC2CCCCC2)c2cccc3c2oc2c(C(=NC4CCCCC4)Nc4ccccc4)cccc23)cc1. The van der Waals surface area contributed by atoms with E-state index in [1.165, 1.54) is 38.5 Å². The van der Waals surface area contributed by atoms with E-state index in [0.717, 1.165) is 81.8 Å². The molecule has 0 bridgehead atoms. The lowest BCUT2D eigenvalue weighted by Gasteiger charge is -2.20. The van der Waals surface area contributed by atoms with E-state index in [2.05, 4.69) is 95.6 Å². The third-order valence-corrected chi connectivity index (χ3v) is 8.88. The van der Waals surface area contributed by atoms with Crippen LogP contribution in [0.4, 0.5) is 11.4 Å². The maximum atomic E-state index is 6.89. The maximum Gasteiger partial charge on any atom is 0.146 e. The topological polar surface area (TPSA) is 61.9 Å². The molecule has 0 unspecified atom stereocenters. The standard InChI is InChI=1S/C38H40N4O/c1-5-15-27(16-6-1)39-37(40-28-17-7-2-8-18-28)33-25-13-23-31-32-24-14-26-34(36(32)43-35(31)33)38(41-29-19-9-3-10-20-29)42-30-21-11-4-12-22-30/h1,3,5-6,9-10,13-16,19-20,23-26,28,30H,2,4,7-8,11-12,17-18,21-22H2,(H,39,40)(H,41,42). The highest BCUT2D eigenvalue weighted by atomic mass is 16.3. The molecule has 4 aromatic carbocycles. The molecule has 1 aromatic heterocycles. The third-order valence-electron chi connectivity index (χ3n) is 8.88. The van der Waals surface area contributed by atoms with Crippen molar-refractivity contribution < 1.29 is 4.42 Å². The van der Waals surface area contributed by atoms with E-state index < -0.39 is 0 Å². The Balaban J connectivity index is 1.35. The van der Waals surface area contributed by atoms with Gasteiger partial charge in [-0.3, -0.25) is 9.98 Å². The second kappa shape index (κ2) is 12.9. The van der Waals surface area contributed by atoms with Crippen LogP contribution in [0.5, 0.6) is 0 Å². The molecule has 0 saturated heterocycles. The minimum absolute atomic E-state index is 0.319. The van der Waals surface area contributed by atoms with Crippen LogP contribution in [-0.4, -0.2) is 23.8 Å². The molecule has 5 aromatic rings. The van der Waals surface area contributed by atoms with Gasteiger partial charge in [0.25, 0.3) is 0 Å². The largest absolute Gasteiger partial charge is 0.455 e. The molecule has 2 fully saturated rings. The molecule has 0 aliphatic heterocycles. The summed E-state index contributed by atoms with van der Waals surface area (Å²) >= 11 is 0. The molecule has 0 spiro atoms. The van der Waals surface area contributed by atoms with Crippen molar-refractivity contribution in [2.24, 2.45) is 9.98 Å². The van der Waals surface area contributed by atoms with Crippen LogP contribution >= 0.6 is 0 Å². The molecule has 0 radical (unpaired) electrons. The van der Waals surface area contributed by atoms with Crippen LogP contribution in [0.2, 0.25) is 0 Å². The molecule has 7 rings (SSSR count). The number of rotatable bonds is 6. The molecule has 0 atom stereocenters. The summed E-state index contributed by atoms with van der Waals surface area (Å²) in [6, 6.07) is 34.2. The summed E-state index contributed by atoms with van der Waals surface area (Å²) in [7, 11) is 0. The van der Waals surface area contributed by atoms with Gasteiger partial charge < -0.3 is 15.1 Å². The number of para-hydroxylation sites is 4. The summed E-state index contributed by atoms with van der Waals surface area (Å²) in [5.41, 5.74) is 5.77. The van der Waals surface area contributed by atoms with E-state index in [9.17, 15) is 0 Å². The predicted molar refractivity (Wildman–Crippen MR) is 181 cm³/mol. The van der Waals surface area contributed by atoms with Crippen molar-refractivity contribution >= 4 is 45.0 Å². The number of aliphatic imine (C=N–C) groups is 2. The van der Waals surface area contributed by atoms with Gasteiger partial charge >= 0.3 is 0 Å². The monoisotopic (exact) mass is 568 g/mol. The molecule has 2 aliphatic rings. The Labute approximate surface area is 254 Å². The Morgan fingerprint density at radius 1 is 0.488 bits per heavy atom. The minimum Gasteiger partial charge on any atom is -0.455 e. The van der Waals surface area contributed by atoms with E-state index in [4.69, 9.17) is 14.4 Å². The lowest BCUT2D eigenvalue weighted by atomic mass is 9.96. The molecule has 1 heterocycles. The summed E-state index contributed by atoms with van der Waals surface area (Å²) in [5, 5.41) is 9.50. The highest BCUT2D eigenvalue weighted by Gasteiger charge is 2.22. The summed E-state index contributed by atoms with van der Waals surface area (Å²) in [6.07, 6.45) is 12.1. The zero-order valence-corrected chi connectivity index (χ0v) is 24.8. The Morgan fingerprint density at radius 2 is 0.907 bits per heavy atom. The van der Waals surface area contributed by atoms with Gasteiger partial charge in [-0.25, -0.2) is 0 Å². The molecule has 218 valence electrons. The van der Waals surface area contributed by atoms with Crippen molar-refractivity contribution in [3.05, 3.63) is 108 Å². The van der Waals surface area contributed by atoms with Crippen molar-refractivity contribution in [2.45, 2.75) is 76.3 Å². The van der Waals surface area contributed by atoms with Crippen LogP contribution in [0.3, 0.4) is 0 Å². The number of nitrogens with zero attached hydrogens (tertiary/aromatic N) is 2. The van der Waals surface area contributed by atoms with Crippen LogP contribution < -0.4 is 10.6 Å². The van der Waals surface area contributed by atoms with Gasteiger partial charge in [0.1, 0.15) is 22.8 Å². The van der Waals surface area contributed by atoms with Gasteiger partial charge in [0.2, 0.25) is 0 Å². The number of furan rings is 1. The van der Waals surface area contributed by atoms with Crippen molar-refractivity contribution in [3.63, 3.8) is 0 Å². The van der Waals surface area contributed by atoms with Crippen molar-refractivity contribution in [1.82, 2.24) is 0 Å². The van der Waals surface area contributed by atoms with Gasteiger partial charge in [-0.05, 0) is 62.1 Å². The van der Waals surface area contributed by atoms with Crippen molar-refractivity contribution in [1.29, 1.82) is 0 Å². The third kappa shape index (κ3) is 6.22. The maximum absolute atomic E-state index is 6.89.